The van der Waals surface area contributed by atoms with Crippen molar-refractivity contribution < 1.29 is 28.6 Å². The second-order valence-corrected chi connectivity index (χ2v) is 9.12. The molecule has 1 fully saturated rings. The molecule has 1 atom stereocenters. The van der Waals surface area contributed by atoms with Crippen molar-refractivity contribution in [2.24, 2.45) is 0 Å². The molecule has 11 nitrogen and oxygen atoms in total. The van der Waals surface area contributed by atoms with E-state index in [9.17, 15) is 19.2 Å². The number of aromatic nitrogens is 2. The zero-order chi connectivity index (χ0) is 25.4. The normalized spacial score (nSPS) is 16.3. The largest absolute Gasteiger partial charge is 0.460 e. The highest BCUT2D eigenvalue weighted by atomic mass is 16.6. The van der Waals surface area contributed by atoms with Crippen LogP contribution < -0.4 is 16.2 Å². The van der Waals surface area contributed by atoms with Gasteiger partial charge in [-0.05, 0) is 33.3 Å². The molecule has 0 radical (unpaired) electrons. The van der Waals surface area contributed by atoms with Crippen molar-refractivity contribution in [3.63, 3.8) is 0 Å². The number of nitrogens with zero attached hydrogens (tertiary/aromatic N) is 2. The lowest BCUT2D eigenvalue weighted by Crippen LogP contribution is -2.45. The predicted octanol–water partition coefficient (Wildman–Crippen LogP) is 1.55. The number of fused-ring (bicyclic) bond motifs is 1. The Morgan fingerprint density at radius 2 is 1.89 bits per heavy atom. The number of amides is 2. The molecule has 190 valence electrons. The van der Waals surface area contributed by atoms with E-state index in [2.05, 4.69) is 15.7 Å². The van der Waals surface area contributed by atoms with Crippen molar-refractivity contribution in [1.29, 1.82) is 0 Å². The number of anilines is 1. The van der Waals surface area contributed by atoms with Gasteiger partial charge in [-0.25, -0.2) is 4.68 Å². The summed E-state index contributed by atoms with van der Waals surface area (Å²) in [4.78, 5) is 48.4. The van der Waals surface area contributed by atoms with Crippen molar-refractivity contribution in [2.45, 2.75) is 51.7 Å². The molecule has 3 rings (SSSR count). The van der Waals surface area contributed by atoms with E-state index in [1.165, 1.54) is 6.20 Å². The van der Waals surface area contributed by atoms with Crippen LogP contribution in [0.1, 0.15) is 46.1 Å². The summed E-state index contributed by atoms with van der Waals surface area (Å²) in [6.45, 7) is 7.23. The van der Waals surface area contributed by atoms with Crippen molar-refractivity contribution in [3.05, 3.63) is 34.7 Å². The van der Waals surface area contributed by atoms with Crippen LogP contribution in [0.15, 0.2) is 29.2 Å². The summed E-state index contributed by atoms with van der Waals surface area (Å²) in [7, 11) is 0. The number of hydrogen-bond acceptors (Lipinski definition) is 9. The Hall–Kier alpha value is -3.31. The van der Waals surface area contributed by atoms with E-state index in [1.807, 2.05) is 26.8 Å². The van der Waals surface area contributed by atoms with Crippen molar-refractivity contribution in [1.82, 2.24) is 15.1 Å². The molecule has 11 heteroatoms. The van der Waals surface area contributed by atoms with Gasteiger partial charge in [0.2, 0.25) is 5.91 Å². The smallest absolute Gasteiger partial charge is 0.308 e. The SMILES string of the molecule is CC(C)(C)OC(=O)CCOCCOCCNc1cccc2cnn(C3CCC(=O)NC3=O)c(=O)c12. The predicted molar refractivity (Wildman–Crippen MR) is 128 cm³/mol. The van der Waals surface area contributed by atoms with E-state index < -0.39 is 23.1 Å². The van der Waals surface area contributed by atoms with Crippen molar-refractivity contribution in [3.8, 4) is 0 Å². The second-order valence-electron chi connectivity index (χ2n) is 9.12. The minimum absolute atomic E-state index is 0.157. The molecular formula is C24H32N4O7. The number of ether oxygens (including phenoxy) is 3. The molecule has 2 N–H and O–H groups in total. The van der Waals surface area contributed by atoms with Crippen LogP contribution in [-0.2, 0) is 28.6 Å². The maximum Gasteiger partial charge on any atom is 0.308 e. The first kappa shape index (κ1) is 26.3. The number of nitrogens with one attached hydrogen (secondary N) is 2. The van der Waals surface area contributed by atoms with Crippen LogP contribution in [0.3, 0.4) is 0 Å². The van der Waals surface area contributed by atoms with Gasteiger partial charge in [-0.1, -0.05) is 12.1 Å². The molecule has 1 aliphatic heterocycles. The van der Waals surface area contributed by atoms with Crippen LogP contribution in [0.25, 0.3) is 10.8 Å². The summed E-state index contributed by atoms with van der Waals surface area (Å²) in [5.41, 5.74) is -0.307. The molecule has 1 aromatic heterocycles. The maximum atomic E-state index is 13.2. The Kier molecular flexibility index (Phi) is 8.94. The molecule has 1 unspecified atom stereocenters. The Morgan fingerprint density at radius 1 is 1.14 bits per heavy atom. The third-order valence-corrected chi connectivity index (χ3v) is 5.15. The maximum absolute atomic E-state index is 13.2. The highest BCUT2D eigenvalue weighted by molar-refractivity contribution is 5.99. The molecule has 0 bridgehead atoms. The average Bonchev–Trinajstić information content (AvgIpc) is 2.77. The van der Waals surface area contributed by atoms with Gasteiger partial charge in [-0.2, -0.15) is 5.10 Å². The third-order valence-electron chi connectivity index (χ3n) is 5.15. The first-order chi connectivity index (χ1) is 16.7. The summed E-state index contributed by atoms with van der Waals surface area (Å²) >= 11 is 0. The van der Waals surface area contributed by atoms with Crippen LogP contribution in [-0.4, -0.2) is 66.1 Å². The molecule has 2 heterocycles. The van der Waals surface area contributed by atoms with Gasteiger partial charge in [0.05, 0.1) is 44.4 Å². The topological polar surface area (TPSA) is 138 Å². The fourth-order valence-corrected chi connectivity index (χ4v) is 3.62. The lowest BCUT2D eigenvalue weighted by molar-refractivity contribution is -0.156. The van der Waals surface area contributed by atoms with E-state index in [0.717, 1.165) is 4.68 Å². The third kappa shape index (κ3) is 7.59. The van der Waals surface area contributed by atoms with Gasteiger partial charge in [0.25, 0.3) is 11.5 Å². The first-order valence-corrected chi connectivity index (χ1v) is 11.6. The lowest BCUT2D eigenvalue weighted by atomic mass is 10.1. The number of benzene rings is 1. The van der Waals surface area contributed by atoms with Crippen molar-refractivity contribution >= 4 is 34.2 Å². The Morgan fingerprint density at radius 3 is 2.60 bits per heavy atom. The number of hydrogen-bond donors (Lipinski definition) is 2. The van der Waals surface area contributed by atoms with E-state index in [0.29, 0.717) is 42.8 Å². The minimum atomic E-state index is -0.823. The van der Waals surface area contributed by atoms with Crippen LogP contribution in [0.2, 0.25) is 0 Å². The van der Waals surface area contributed by atoms with Gasteiger partial charge < -0.3 is 19.5 Å². The summed E-state index contributed by atoms with van der Waals surface area (Å²) in [5, 5.41) is 10.7. The Labute approximate surface area is 203 Å². The number of imide groups is 1. The van der Waals surface area contributed by atoms with Gasteiger partial charge in [-0.15, -0.1) is 0 Å². The molecule has 1 aromatic carbocycles. The quantitative estimate of drug-likeness (QED) is 0.274. The van der Waals surface area contributed by atoms with Crippen LogP contribution in [0, 0.1) is 0 Å². The van der Waals surface area contributed by atoms with Crippen LogP contribution >= 0.6 is 0 Å². The number of esters is 1. The number of piperidine rings is 1. The number of carbonyl (C=O) groups is 3. The summed E-state index contributed by atoms with van der Waals surface area (Å²) in [6.07, 6.45) is 2.11. The lowest BCUT2D eigenvalue weighted by Gasteiger charge is -2.22. The zero-order valence-electron chi connectivity index (χ0n) is 20.3. The highest BCUT2D eigenvalue weighted by Gasteiger charge is 2.30. The summed E-state index contributed by atoms with van der Waals surface area (Å²) < 4.78 is 17.3. The average molecular weight is 489 g/mol. The monoisotopic (exact) mass is 488 g/mol. The Balaban J connectivity index is 1.47. The second kappa shape index (κ2) is 11.9. The Bertz CT molecular complexity index is 1120. The highest BCUT2D eigenvalue weighted by Crippen LogP contribution is 2.21. The molecule has 35 heavy (non-hydrogen) atoms. The summed E-state index contributed by atoms with van der Waals surface area (Å²) in [5.74, 6) is -1.18. The standard InChI is InChI=1S/C24H32N4O7/c1-24(2,3)35-20(30)9-11-33-13-14-34-12-10-25-17-6-4-5-16-15-26-28(23(32)21(16)17)18-7-8-19(29)27-22(18)31/h4-6,15,18,25H,7-14H2,1-3H3,(H,27,29,31). The van der Waals surface area contributed by atoms with Gasteiger partial charge in [0.1, 0.15) is 11.6 Å². The zero-order valence-corrected chi connectivity index (χ0v) is 20.3. The van der Waals surface area contributed by atoms with Gasteiger partial charge in [0, 0.05) is 24.0 Å². The minimum Gasteiger partial charge on any atom is -0.460 e. The fraction of sp³-hybridized carbons (Fsp3) is 0.542. The molecule has 0 saturated carbocycles. The van der Waals surface area contributed by atoms with E-state index in [1.54, 1.807) is 12.1 Å². The van der Waals surface area contributed by atoms with Gasteiger partial charge in [-0.3, -0.25) is 24.5 Å². The molecule has 2 aromatic rings. The van der Waals surface area contributed by atoms with Crippen LogP contribution in [0.5, 0.6) is 0 Å². The van der Waals surface area contributed by atoms with Gasteiger partial charge in [0.15, 0.2) is 0 Å². The number of carbonyl (C=O) groups excluding carboxylic acids is 3. The molecule has 2 amide bonds. The van der Waals surface area contributed by atoms with E-state index in [-0.39, 0.29) is 37.7 Å². The fourth-order valence-electron chi connectivity index (χ4n) is 3.62. The summed E-state index contributed by atoms with van der Waals surface area (Å²) in [6, 6.07) is 4.53. The molecule has 1 aliphatic rings. The van der Waals surface area contributed by atoms with Crippen LogP contribution in [0.4, 0.5) is 5.69 Å². The van der Waals surface area contributed by atoms with Crippen molar-refractivity contribution in [2.75, 3.05) is 38.3 Å². The molecule has 0 spiro atoms. The molecule has 1 saturated heterocycles. The number of rotatable bonds is 11. The molecular weight excluding hydrogens is 456 g/mol. The van der Waals surface area contributed by atoms with Gasteiger partial charge >= 0.3 is 5.97 Å². The van der Waals surface area contributed by atoms with E-state index in [4.69, 9.17) is 14.2 Å². The molecule has 0 aliphatic carbocycles. The van der Waals surface area contributed by atoms with E-state index >= 15 is 0 Å². The first-order valence-electron chi connectivity index (χ1n) is 11.6.